The highest BCUT2D eigenvalue weighted by molar-refractivity contribution is 6.31. The van der Waals surface area contributed by atoms with Crippen molar-refractivity contribution in [2.75, 3.05) is 0 Å². The van der Waals surface area contributed by atoms with Gasteiger partial charge in [-0.25, -0.2) is 0 Å². The van der Waals surface area contributed by atoms with Crippen molar-refractivity contribution in [3.8, 4) is 11.3 Å². The van der Waals surface area contributed by atoms with Crippen LogP contribution in [0.5, 0.6) is 0 Å². The maximum Gasteiger partial charge on any atom is 0.254 e. The number of nitrogens with one attached hydrogen (secondary N) is 2. The van der Waals surface area contributed by atoms with Crippen LogP contribution in [0.3, 0.4) is 0 Å². The number of rotatable bonds is 3. The molecule has 4 nitrogen and oxygen atoms in total. The number of aromatic nitrogens is 1. The van der Waals surface area contributed by atoms with E-state index in [4.69, 9.17) is 11.6 Å². The summed E-state index contributed by atoms with van der Waals surface area (Å²) < 4.78 is 2.10. The van der Waals surface area contributed by atoms with E-state index in [2.05, 4.69) is 27.3 Å². The third-order valence-corrected chi connectivity index (χ3v) is 6.48. The van der Waals surface area contributed by atoms with Gasteiger partial charge in [0.2, 0.25) is 0 Å². The van der Waals surface area contributed by atoms with E-state index in [-0.39, 0.29) is 11.9 Å². The summed E-state index contributed by atoms with van der Waals surface area (Å²) in [5, 5.41) is 8.53. The fraction of sp³-hybridized carbons (Fsp3) is 0.348. The van der Waals surface area contributed by atoms with Gasteiger partial charge in [-0.1, -0.05) is 41.9 Å². The molecule has 3 heterocycles. The molecule has 2 N–H and O–H groups in total. The number of carbonyl (C=O) groups excluding carboxylic acids is 1. The van der Waals surface area contributed by atoms with E-state index in [1.165, 1.54) is 12.8 Å². The van der Waals surface area contributed by atoms with Gasteiger partial charge < -0.3 is 15.2 Å². The third-order valence-electron chi connectivity index (χ3n) is 6.24. The first kappa shape index (κ1) is 17.8. The summed E-state index contributed by atoms with van der Waals surface area (Å²) in [7, 11) is 2.01. The van der Waals surface area contributed by atoms with Gasteiger partial charge in [-0.05, 0) is 49.4 Å². The predicted molar refractivity (Wildman–Crippen MR) is 114 cm³/mol. The molecule has 144 valence electrons. The Bertz CT molecular complexity index is 1030. The van der Waals surface area contributed by atoms with E-state index in [1.807, 2.05) is 43.4 Å². The first-order valence-electron chi connectivity index (χ1n) is 10.0. The van der Waals surface area contributed by atoms with Crippen molar-refractivity contribution in [2.45, 2.75) is 43.8 Å². The van der Waals surface area contributed by atoms with Crippen molar-refractivity contribution in [3.63, 3.8) is 0 Å². The molecule has 2 atom stereocenters. The Morgan fingerprint density at radius 2 is 1.82 bits per heavy atom. The van der Waals surface area contributed by atoms with Crippen LogP contribution < -0.4 is 10.6 Å². The number of hydrogen-bond donors (Lipinski definition) is 2. The molecule has 2 bridgehead atoms. The van der Waals surface area contributed by atoms with Gasteiger partial charge in [-0.2, -0.15) is 0 Å². The largest absolute Gasteiger partial charge is 0.349 e. The molecule has 2 aliphatic rings. The number of hydrogen-bond acceptors (Lipinski definition) is 2. The van der Waals surface area contributed by atoms with Crippen LogP contribution in [0.25, 0.3) is 22.2 Å². The van der Waals surface area contributed by atoms with E-state index in [1.54, 1.807) is 0 Å². The highest BCUT2D eigenvalue weighted by Crippen LogP contribution is 2.35. The monoisotopic (exact) mass is 393 g/mol. The van der Waals surface area contributed by atoms with E-state index in [0.717, 1.165) is 40.6 Å². The Morgan fingerprint density at radius 3 is 2.54 bits per heavy atom. The maximum atomic E-state index is 13.5. The lowest BCUT2D eigenvalue weighted by molar-refractivity contribution is 0.0926. The number of halogens is 1. The highest BCUT2D eigenvalue weighted by Gasteiger charge is 2.35. The van der Waals surface area contributed by atoms with E-state index >= 15 is 0 Å². The van der Waals surface area contributed by atoms with E-state index < -0.39 is 0 Å². The fourth-order valence-electron chi connectivity index (χ4n) is 5.01. The van der Waals surface area contributed by atoms with E-state index in [9.17, 15) is 4.79 Å². The lowest BCUT2D eigenvalue weighted by atomic mass is 9.98. The lowest BCUT2D eigenvalue weighted by Crippen LogP contribution is -2.48. The fourth-order valence-corrected chi connectivity index (χ4v) is 5.19. The molecule has 2 aromatic carbocycles. The second-order valence-electron chi connectivity index (χ2n) is 8.09. The zero-order valence-electron chi connectivity index (χ0n) is 15.9. The van der Waals surface area contributed by atoms with Crippen molar-refractivity contribution in [1.82, 2.24) is 15.2 Å². The van der Waals surface area contributed by atoms with Crippen LogP contribution in [0.2, 0.25) is 5.02 Å². The molecule has 1 amide bonds. The minimum Gasteiger partial charge on any atom is -0.349 e. The second-order valence-corrected chi connectivity index (χ2v) is 8.53. The van der Waals surface area contributed by atoms with Gasteiger partial charge in [0.1, 0.15) is 0 Å². The van der Waals surface area contributed by atoms with Gasteiger partial charge in [0.15, 0.2) is 0 Å². The summed E-state index contributed by atoms with van der Waals surface area (Å²) in [6, 6.07) is 17.2. The molecule has 2 fully saturated rings. The van der Waals surface area contributed by atoms with Gasteiger partial charge in [0.05, 0.1) is 11.3 Å². The molecule has 2 saturated heterocycles. The molecule has 28 heavy (non-hydrogen) atoms. The summed E-state index contributed by atoms with van der Waals surface area (Å²) in [6.45, 7) is 0. The minimum atomic E-state index is -0.00183. The van der Waals surface area contributed by atoms with Crippen LogP contribution >= 0.6 is 11.6 Å². The molecule has 5 rings (SSSR count). The zero-order valence-corrected chi connectivity index (χ0v) is 16.7. The third kappa shape index (κ3) is 3.01. The van der Waals surface area contributed by atoms with Crippen LogP contribution in [-0.2, 0) is 7.05 Å². The minimum absolute atomic E-state index is 0.00183. The molecule has 2 unspecified atom stereocenters. The number of aryl methyl sites for hydroxylation is 1. The van der Waals surface area contributed by atoms with Gasteiger partial charge in [-0.3, -0.25) is 4.79 Å². The number of piperidine rings is 1. The molecule has 2 aliphatic heterocycles. The Morgan fingerprint density at radius 1 is 1.11 bits per heavy atom. The first-order valence-corrected chi connectivity index (χ1v) is 10.4. The summed E-state index contributed by atoms with van der Waals surface area (Å²) >= 11 is 6.29. The van der Waals surface area contributed by atoms with Crippen molar-refractivity contribution in [1.29, 1.82) is 0 Å². The van der Waals surface area contributed by atoms with Crippen molar-refractivity contribution < 1.29 is 4.79 Å². The zero-order chi connectivity index (χ0) is 19.3. The van der Waals surface area contributed by atoms with Crippen LogP contribution in [0.1, 0.15) is 36.0 Å². The van der Waals surface area contributed by atoms with E-state index in [0.29, 0.717) is 17.1 Å². The molecule has 3 aromatic rings. The molecule has 1 aromatic heterocycles. The Labute approximate surface area is 169 Å². The van der Waals surface area contributed by atoms with Crippen LogP contribution in [0, 0.1) is 0 Å². The lowest BCUT2D eigenvalue weighted by Gasteiger charge is -2.29. The van der Waals surface area contributed by atoms with Crippen LogP contribution in [0.15, 0.2) is 48.5 Å². The van der Waals surface area contributed by atoms with Gasteiger partial charge in [-0.15, -0.1) is 0 Å². The predicted octanol–water partition coefficient (Wildman–Crippen LogP) is 4.51. The summed E-state index contributed by atoms with van der Waals surface area (Å²) in [5.74, 6) is -0.00183. The summed E-state index contributed by atoms with van der Waals surface area (Å²) in [6.07, 6.45) is 4.45. The first-order chi connectivity index (χ1) is 13.6. The SMILES string of the molecule is Cn1c(-c2ccccc2)c(C(=O)NC2CC3CCC(C2)N3)c2cc(Cl)ccc21. The van der Waals surface area contributed by atoms with Gasteiger partial charge >= 0.3 is 0 Å². The average Bonchev–Trinajstić information content (AvgIpc) is 3.18. The second kappa shape index (κ2) is 6.94. The molecule has 0 spiro atoms. The van der Waals surface area contributed by atoms with Crippen molar-refractivity contribution >= 4 is 28.4 Å². The van der Waals surface area contributed by atoms with Crippen molar-refractivity contribution in [3.05, 3.63) is 59.1 Å². The standard InChI is InChI=1S/C23H24ClN3O/c1-27-20-10-7-15(24)11-19(20)21(22(27)14-5-3-2-4-6-14)23(28)26-18-12-16-8-9-17(13-18)25-16/h2-7,10-11,16-18,25H,8-9,12-13H2,1H3,(H,26,28). The van der Waals surface area contributed by atoms with Crippen LogP contribution in [0.4, 0.5) is 0 Å². The molecular formula is C23H24ClN3O. The van der Waals surface area contributed by atoms with Gasteiger partial charge in [0, 0.05) is 41.1 Å². The van der Waals surface area contributed by atoms with Crippen LogP contribution in [-0.4, -0.2) is 28.6 Å². The summed E-state index contributed by atoms with van der Waals surface area (Å²) in [5.41, 5.74) is 3.70. The number of fused-ring (bicyclic) bond motifs is 3. The van der Waals surface area contributed by atoms with Gasteiger partial charge in [0.25, 0.3) is 5.91 Å². The number of amides is 1. The molecule has 5 heteroatoms. The average molecular weight is 394 g/mol. The molecule has 0 aliphatic carbocycles. The maximum absolute atomic E-state index is 13.5. The molecule has 0 radical (unpaired) electrons. The number of benzene rings is 2. The quantitative estimate of drug-likeness (QED) is 0.687. The Kier molecular flexibility index (Phi) is 4.41. The number of carbonyl (C=O) groups is 1. The smallest absolute Gasteiger partial charge is 0.254 e. The Balaban J connectivity index is 1.59. The molecular weight excluding hydrogens is 370 g/mol. The normalized spacial score (nSPS) is 23.9. The topological polar surface area (TPSA) is 46.1 Å². The highest BCUT2D eigenvalue weighted by atomic mass is 35.5. The Hall–Kier alpha value is -2.30. The summed E-state index contributed by atoms with van der Waals surface area (Å²) in [4.78, 5) is 13.5. The molecule has 0 saturated carbocycles. The van der Waals surface area contributed by atoms with Crippen molar-refractivity contribution in [2.24, 2.45) is 7.05 Å². The number of nitrogens with zero attached hydrogens (tertiary/aromatic N) is 1.